The van der Waals surface area contributed by atoms with Gasteiger partial charge in [0.1, 0.15) is 18.0 Å². The van der Waals surface area contributed by atoms with E-state index >= 15 is 0 Å². The van der Waals surface area contributed by atoms with E-state index in [9.17, 15) is 4.79 Å². The Bertz CT molecular complexity index is 1420. The number of hydrogen-bond acceptors (Lipinski definition) is 12. The van der Waals surface area contributed by atoms with Gasteiger partial charge < -0.3 is 16.0 Å². The fourth-order valence-corrected chi connectivity index (χ4v) is 3.28. The first-order valence-electron chi connectivity index (χ1n) is 15.8. The summed E-state index contributed by atoms with van der Waals surface area (Å²) in [5.41, 5.74) is 9.76. The second-order valence-corrected chi connectivity index (χ2v) is 12.8. The standard InChI is InChI=1S/C9H13N3O.C9H15N3.C9H14N2.C7H12N4/c1-6(2)7-4-5-8(12-11-7)9(13)10-3;1-7(2)8-5-11-9(6-10-8)12(3)4;1-4-8-5-11-9(6-10-8)7(2)3;1-7(2,3)5-9-4-10-6(8)11-5/h4-6H,1-3H3,(H,10,13);5-7H,1-4H3;5-7H,4H2,1-3H3;4H,1-3H3,(H2,8,9,10,11). The predicted octanol–water partition coefficient (Wildman–Crippen LogP) is 5.54. The van der Waals surface area contributed by atoms with Gasteiger partial charge in [-0.1, -0.05) is 69.2 Å². The van der Waals surface area contributed by atoms with Crippen LogP contribution in [0.4, 0.5) is 11.8 Å². The molecule has 47 heavy (non-hydrogen) atoms. The average Bonchev–Trinajstić information content (AvgIpc) is 3.05. The van der Waals surface area contributed by atoms with Gasteiger partial charge in [0.05, 0.1) is 35.2 Å². The minimum absolute atomic E-state index is 0.0585. The lowest BCUT2D eigenvalue weighted by molar-refractivity contribution is 0.0957. The number of nitrogens with one attached hydrogen (secondary N) is 1. The summed E-state index contributed by atoms with van der Waals surface area (Å²) in [6, 6.07) is 3.50. The highest BCUT2D eigenvalue weighted by Crippen LogP contribution is 2.17. The smallest absolute Gasteiger partial charge is 0.271 e. The fraction of sp³-hybridized carbons (Fsp3) is 0.529. The van der Waals surface area contributed by atoms with Crippen molar-refractivity contribution in [3.63, 3.8) is 0 Å². The van der Waals surface area contributed by atoms with Crippen molar-refractivity contribution >= 4 is 17.7 Å². The Balaban J connectivity index is 0.000000314. The van der Waals surface area contributed by atoms with Gasteiger partial charge in [-0.15, -0.1) is 5.10 Å². The summed E-state index contributed by atoms with van der Waals surface area (Å²) in [6.45, 7) is 20.7. The lowest BCUT2D eigenvalue weighted by Crippen LogP contribution is -2.19. The third kappa shape index (κ3) is 15.0. The SMILES string of the molecule is CC(C)(C)c1ncnc(N)n1.CC(C)c1cnc(N(C)C)cn1.CCc1cnc(C(C)C)cn1.CNC(=O)c1ccc(C(C)C)nn1. The van der Waals surface area contributed by atoms with Crippen molar-refractivity contribution in [3.8, 4) is 0 Å². The van der Waals surface area contributed by atoms with Crippen LogP contribution in [0.15, 0.2) is 43.2 Å². The molecule has 0 aliphatic carbocycles. The number of amides is 1. The van der Waals surface area contributed by atoms with Crippen LogP contribution < -0.4 is 16.0 Å². The monoisotopic (exact) mass is 646 g/mol. The molecular formula is C34H54N12O. The maximum absolute atomic E-state index is 11.1. The molecule has 4 rings (SSSR count). The van der Waals surface area contributed by atoms with Crippen LogP contribution in [0.1, 0.15) is 126 Å². The Morgan fingerprint density at radius 2 is 1.36 bits per heavy atom. The molecule has 0 bridgehead atoms. The first-order valence-corrected chi connectivity index (χ1v) is 15.8. The molecular weight excluding hydrogens is 592 g/mol. The van der Waals surface area contributed by atoms with Gasteiger partial charge in [-0.2, -0.15) is 10.1 Å². The zero-order chi connectivity index (χ0) is 35.7. The molecule has 0 saturated carbocycles. The molecule has 13 nitrogen and oxygen atoms in total. The topological polar surface area (TPSA) is 174 Å². The number of nitrogens with zero attached hydrogens (tertiary/aromatic N) is 10. The molecule has 0 fully saturated rings. The molecule has 0 unspecified atom stereocenters. The first-order chi connectivity index (χ1) is 22.0. The molecule has 4 aromatic rings. The highest BCUT2D eigenvalue weighted by atomic mass is 16.1. The van der Waals surface area contributed by atoms with Gasteiger partial charge >= 0.3 is 0 Å². The molecule has 4 heterocycles. The van der Waals surface area contributed by atoms with Gasteiger partial charge in [0.2, 0.25) is 5.95 Å². The molecule has 13 heteroatoms. The minimum atomic E-state index is -0.206. The number of hydrogen-bond donors (Lipinski definition) is 2. The summed E-state index contributed by atoms with van der Waals surface area (Å²) in [4.78, 5) is 41.8. The Hall–Kier alpha value is -4.68. The van der Waals surface area contributed by atoms with Gasteiger partial charge in [0, 0.05) is 39.0 Å². The number of aromatic nitrogens is 9. The molecule has 1 amide bonds. The van der Waals surface area contributed by atoms with Gasteiger partial charge in [-0.05, 0) is 36.3 Å². The summed E-state index contributed by atoms with van der Waals surface area (Å²) in [5.74, 6) is 2.98. The predicted molar refractivity (Wildman–Crippen MR) is 188 cm³/mol. The molecule has 0 aromatic carbocycles. The first kappa shape index (κ1) is 40.3. The van der Waals surface area contributed by atoms with E-state index in [0.717, 1.165) is 40.8 Å². The number of rotatable bonds is 6. The number of aryl methyl sites for hydroxylation is 1. The summed E-state index contributed by atoms with van der Waals surface area (Å²) in [6.07, 6.45) is 9.75. The van der Waals surface area contributed by atoms with Gasteiger partial charge in [-0.3, -0.25) is 19.7 Å². The molecule has 0 aliphatic heterocycles. The number of carbonyl (C=O) groups is 1. The second-order valence-electron chi connectivity index (χ2n) is 12.8. The van der Waals surface area contributed by atoms with Crippen LogP contribution >= 0.6 is 0 Å². The van der Waals surface area contributed by atoms with E-state index in [-0.39, 0.29) is 17.3 Å². The molecule has 0 aliphatic rings. The van der Waals surface area contributed by atoms with Crippen molar-refractivity contribution in [2.45, 2.75) is 98.8 Å². The van der Waals surface area contributed by atoms with Crippen LogP contribution in [0.5, 0.6) is 0 Å². The van der Waals surface area contributed by atoms with E-state index in [2.05, 4.69) is 85.0 Å². The Labute approximate surface area is 280 Å². The lowest BCUT2D eigenvalue weighted by Gasteiger charge is -2.15. The number of carbonyl (C=O) groups excluding carboxylic acids is 1. The quantitative estimate of drug-likeness (QED) is 0.268. The van der Waals surface area contributed by atoms with E-state index < -0.39 is 0 Å². The van der Waals surface area contributed by atoms with E-state index in [1.165, 1.54) is 6.33 Å². The van der Waals surface area contributed by atoms with Crippen LogP contribution in [0.25, 0.3) is 0 Å². The minimum Gasteiger partial charge on any atom is -0.368 e. The largest absolute Gasteiger partial charge is 0.368 e. The van der Waals surface area contributed by atoms with E-state index in [4.69, 9.17) is 5.73 Å². The molecule has 0 saturated heterocycles. The summed E-state index contributed by atoms with van der Waals surface area (Å²) < 4.78 is 0. The molecule has 0 spiro atoms. The highest BCUT2D eigenvalue weighted by molar-refractivity contribution is 5.91. The zero-order valence-corrected chi connectivity index (χ0v) is 30.4. The van der Waals surface area contributed by atoms with E-state index in [1.807, 2.05) is 78.3 Å². The maximum Gasteiger partial charge on any atom is 0.271 e. The van der Waals surface area contributed by atoms with Crippen LogP contribution in [0.2, 0.25) is 0 Å². The molecule has 4 aromatic heterocycles. The van der Waals surface area contributed by atoms with Crippen molar-refractivity contribution < 1.29 is 4.79 Å². The summed E-state index contributed by atoms with van der Waals surface area (Å²) in [7, 11) is 5.48. The third-order valence-electron chi connectivity index (χ3n) is 6.38. The molecule has 256 valence electrons. The average molecular weight is 647 g/mol. The Morgan fingerprint density at radius 1 is 0.787 bits per heavy atom. The van der Waals surface area contributed by atoms with Crippen LogP contribution in [-0.4, -0.2) is 72.1 Å². The maximum atomic E-state index is 11.1. The fourth-order valence-electron chi connectivity index (χ4n) is 3.28. The van der Waals surface area contributed by atoms with E-state index in [0.29, 0.717) is 23.4 Å². The summed E-state index contributed by atoms with van der Waals surface area (Å²) >= 11 is 0. The Morgan fingerprint density at radius 3 is 1.70 bits per heavy atom. The van der Waals surface area contributed by atoms with Crippen LogP contribution in [0, 0.1) is 0 Å². The zero-order valence-electron chi connectivity index (χ0n) is 30.4. The second kappa shape index (κ2) is 19.7. The highest BCUT2D eigenvalue weighted by Gasteiger charge is 2.17. The normalized spacial score (nSPS) is 10.6. The molecule has 0 radical (unpaired) electrons. The van der Waals surface area contributed by atoms with Crippen molar-refractivity contribution in [2.75, 3.05) is 31.8 Å². The van der Waals surface area contributed by atoms with Gasteiger partial charge in [-0.25, -0.2) is 15.0 Å². The van der Waals surface area contributed by atoms with Crippen molar-refractivity contribution in [3.05, 3.63) is 77.5 Å². The van der Waals surface area contributed by atoms with Crippen LogP contribution in [0.3, 0.4) is 0 Å². The third-order valence-corrected chi connectivity index (χ3v) is 6.38. The number of nitrogens with two attached hydrogens (primary N) is 1. The van der Waals surface area contributed by atoms with Crippen molar-refractivity contribution in [1.29, 1.82) is 0 Å². The molecule has 0 atom stereocenters. The Kier molecular flexibility index (Phi) is 17.0. The number of nitrogen functional groups attached to an aromatic ring is 1. The lowest BCUT2D eigenvalue weighted by atomic mass is 9.96. The van der Waals surface area contributed by atoms with Gasteiger partial charge in [0.25, 0.3) is 5.91 Å². The van der Waals surface area contributed by atoms with Crippen molar-refractivity contribution in [1.82, 2.24) is 50.4 Å². The van der Waals surface area contributed by atoms with Crippen LogP contribution in [-0.2, 0) is 11.8 Å². The van der Waals surface area contributed by atoms with Gasteiger partial charge in [0.15, 0.2) is 5.69 Å². The number of anilines is 2. The molecule has 3 N–H and O–H groups in total. The van der Waals surface area contributed by atoms with Crippen molar-refractivity contribution in [2.24, 2.45) is 0 Å². The van der Waals surface area contributed by atoms with E-state index in [1.54, 1.807) is 19.3 Å². The summed E-state index contributed by atoms with van der Waals surface area (Å²) in [5, 5.41) is 10.2.